The number of alkyl halides is 3. The standard InChI is InChI=1S/C17H23F3N2O/c1-16(2,3)14-6-4-13(5-7-14)15(23)22-10-8-21(9-11-22)12-17(18,19)20/h4-7H,8-12H2,1-3H3. The van der Waals surface area contributed by atoms with Gasteiger partial charge in [0.2, 0.25) is 0 Å². The molecule has 1 aliphatic rings. The molecule has 0 spiro atoms. The van der Waals surface area contributed by atoms with Crippen molar-refractivity contribution in [3.63, 3.8) is 0 Å². The van der Waals surface area contributed by atoms with Crippen LogP contribution >= 0.6 is 0 Å². The SMILES string of the molecule is CC(C)(C)c1ccc(C(=O)N2CCN(CC(F)(F)F)CC2)cc1. The van der Waals surface area contributed by atoms with Gasteiger partial charge in [0.15, 0.2) is 0 Å². The van der Waals surface area contributed by atoms with Crippen molar-refractivity contribution in [2.45, 2.75) is 32.4 Å². The average Bonchev–Trinajstić information content (AvgIpc) is 2.45. The van der Waals surface area contributed by atoms with Crippen LogP contribution in [0, 0.1) is 0 Å². The highest BCUT2D eigenvalue weighted by Crippen LogP contribution is 2.23. The highest BCUT2D eigenvalue weighted by atomic mass is 19.4. The number of amides is 1. The Balaban J connectivity index is 1.95. The van der Waals surface area contributed by atoms with Gasteiger partial charge in [-0.1, -0.05) is 32.9 Å². The van der Waals surface area contributed by atoms with E-state index in [1.165, 1.54) is 4.90 Å². The molecule has 3 nitrogen and oxygen atoms in total. The van der Waals surface area contributed by atoms with E-state index in [1.54, 1.807) is 17.0 Å². The summed E-state index contributed by atoms with van der Waals surface area (Å²) in [6.45, 7) is 6.56. The second-order valence-corrected chi connectivity index (χ2v) is 7.01. The fourth-order valence-corrected chi connectivity index (χ4v) is 2.66. The van der Waals surface area contributed by atoms with Gasteiger partial charge in [-0.05, 0) is 23.1 Å². The Morgan fingerprint density at radius 3 is 1.96 bits per heavy atom. The minimum Gasteiger partial charge on any atom is -0.336 e. The van der Waals surface area contributed by atoms with Crippen LogP contribution in [0.1, 0.15) is 36.7 Å². The van der Waals surface area contributed by atoms with E-state index < -0.39 is 12.7 Å². The predicted octanol–water partition coefficient (Wildman–Crippen LogP) is 3.30. The highest BCUT2D eigenvalue weighted by molar-refractivity contribution is 5.94. The van der Waals surface area contributed by atoms with E-state index in [1.807, 2.05) is 12.1 Å². The maximum absolute atomic E-state index is 12.4. The molecule has 0 unspecified atom stereocenters. The summed E-state index contributed by atoms with van der Waals surface area (Å²) in [6, 6.07) is 7.47. The molecule has 1 fully saturated rings. The van der Waals surface area contributed by atoms with Gasteiger partial charge < -0.3 is 4.90 Å². The van der Waals surface area contributed by atoms with E-state index in [0.29, 0.717) is 18.7 Å². The van der Waals surface area contributed by atoms with Crippen molar-refractivity contribution in [2.24, 2.45) is 0 Å². The van der Waals surface area contributed by atoms with Gasteiger partial charge >= 0.3 is 6.18 Å². The number of benzene rings is 1. The first-order valence-electron chi connectivity index (χ1n) is 7.75. The maximum Gasteiger partial charge on any atom is 0.401 e. The maximum atomic E-state index is 12.4. The van der Waals surface area contributed by atoms with Gasteiger partial charge in [0, 0.05) is 31.7 Å². The van der Waals surface area contributed by atoms with Crippen LogP contribution in [0.2, 0.25) is 0 Å². The van der Waals surface area contributed by atoms with Crippen LogP contribution in [-0.2, 0) is 5.41 Å². The van der Waals surface area contributed by atoms with E-state index in [9.17, 15) is 18.0 Å². The second-order valence-electron chi connectivity index (χ2n) is 7.01. The van der Waals surface area contributed by atoms with Gasteiger partial charge in [0.1, 0.15) is 0 Å². The molecule has 1 aromatic carbocycles. The molecule has 1 amide bonds. The molecule has 1 saturated heterocycles. The third-order valence-corrected chi connectivity index (χ3v) is 4.06. The molecule has 0 atom stereocenters. The normalized spacial score (nSPS) is 17.4. The summed E-state index contributed by atoms with van der Waals surface area (Å²) in [6.07, 6.45) is -4.19. The van der Waals surface area contributed by atoms with Crippen LogP contribution in [-0.4, -0.2) is 54.6 Å². The van der Waals surface area contributed by atoms with E-state index in [2.05, 4.69) is 20.8 Å². The number of halogens is 3. The zero-order chi connectivity index (χ0) is 17.3. The van der Waals surface area contributed by atoms with E-state index in [4.69, 9.17) is 0 Å². The van der Waals surface area contributed by atoms with Gasteiger partial charge in [-0.25, -0.2) is 0 Å². The first kappa shape index (κ1) is 17.8. The zero-order valence-corrected chi connectivity index (χ0v) is 13.8. The van der Waals surface area contributed by atoms with Gasteiger partial charge in [0.05, 0.1) is 6.54 Å². The minimum absolute atomic E-state index is 0.0186. The highest BCUT2D eigenvalue weighted by Gasteiger charge is 2.33. The van der Waals surface area contributed by atoms with Gasteiger partial charge in [-0.3, -0.25) is 9.69 Å². The molecule has 23 heavy (non-hydrogen) atoms. The third-order valence-electron chi connectivity index (χ3n) is 4.06. The molecule has 0 N–H and O–H groups in total. The lowest BCUT2D eigenvalue weighted by atomic mass is 9.86. The number of piperazine rings is 1. The summed E-state index contributed by atoms with van der Waals surface area (Å²) in [5, 5.41) is 0. The smallest absolute Gasteiger partial charge is 0.336 e. The number of hydrogen-bond donors (Lipinski definition) is 0. The summed E-state index contributed by atoms with van der Waals surface area (Å²) >= 11 is 0. The number of carbonyl (C=O) groups is 1. The van der Waals surface area contributed by atoms with Crippen LogP contribution in [0.15, 0.2) is 24.3 Å². The summed E-state index contributed by atoms with van der Waals surface area (Å²) in [4.78, 5) is 15.4. The quantitative estimate of drug-likeness (QED) is 0.832. The van der Waals surface area contributed by atoms with Gasteiger partial charge in [0.25, 0.3) is 5.91 Å². The van der Waals surface area contributed by atoms with E-state index >= 15 is 0 Å². The van der Waals surface area contributed by atoms with Crippen LogP contribution in [0.5, 0.6) is 0 Å². The fourth-order valence-electron chi connectivity index (χ4n) is 2.66. The molecule has 2 rings (SSSR count). The molecule has 0 radical (unpaired) electrons. The molecule has 0 aliphatic carbocycles. The molecule has 0 aromatic heterocycles. The van der Waals surface area contributed by atoms with Crippen molar-refractivity contribution in [1.29, 1.82) is 0 Å². The number of hydrogen-bond acceptors (Lipinski definition) is 2. The number of rotatable bonds is 2. The van der Waals surface area contributed by atoms with Crippen LogP contribution < -0.4 is 0 Å². The summed E-state index contributed by atoms with van der Waals surface area (Å²) in [5.41, 5.74) is 1.75. The summed E-state index contributed by atoms with van der Waals surface area (Å²) in [7, 11) is 0. The lowest BCUT2D eigenvalue weighted by Gasteiger charge is -2.35. The molecular weight excluding hydrogens is 305 g/mol. The van der Waals surface area contributed by atoms with Crippen LogP contribution in [0.3, 0.4) is 0 Å². The Morgan fingerprint density at radius 1 is 1.00 bits per heavy atom. The summed E-state index contributed by atoms with van der Waals surface area (Å²) in [5.74, 6) is -0.114. The fraction of sp³-hybridized carbons (Fsp3) is 0.588. The Morgan fingerprint density at radius 2 is 1.52 bits per heavy atom. The first-order valence-corrected chi connectivity index (χ1v) is 7.75. The van der Waals surface area contributed by atoms with E-state index in [-0.39, 0.29) is 24.4 Å². The first-order chi connectivity index (χ1) is 10.6. The van der Waals surface area contributed by atoms with Crippen molar-refractivity contribution in [3.8, 4) is 0 Å². The minimum atomic E-state index is -4.19. The third kappa shape index (κ3) is 4.96. The lowest BCUT2D eigenvalue weighted by molar-refractivity contribution is -0.148. The Kier molecular flexibility index (Phi) is 5.04. The Bertz CT molecular complexity index is 538. The average molecular weight is 328 g/mol. The molecule has 6 heteroatoms. The molecule has 1 heterocycles. The van der Waals surface area contributed by atoms with Crippen molar-refractivity contribution in [2.75, 3.05) is 32.7 Å². The zero-order valence-electron chi connectivity index (χ0n) is 13.8. The van der Waals surface area contributed by atoms with E-state index in [0.717, 1.165) is 5.56 Å². The largest absolute Gasteiger partial charge is 0.401 e. The van der Waals surface area contributed by atoms with Crippen molar-refractivity contribution >= 4 is 5.91 Å². The van der Waals surface area contributed by atoms with Gasteiger partial charge in [-0.15, -0.1) is 0 Å². The molecule has 0 saturated carbocycles. The Hall–Kier alpha value is -1.56. The van der Waals surface area contributed by atoms with Crippen molar-refractivity contribution in [1.82, 2.24) is 9.80 Å². The number of nitrogens with zero attached hydrogens (tertiary/aromatic N) is 2. The monoisotopic (exact) mass is 328 g/mol. The Labute approximate surface area is 135 Å². The van der Waals surface area contributed by atoms with Gasteiger partial charge in [-0.2, -0.15) is 13.2 Å². The van der Waals surface area contributed by atoms with Crippen LogP contribution in [0.4, 0.5) is 13.2 Å². The molecule has 0 bridgehead atoms. The van der Waals surface area contributed by atoms with Crippen LogP contribution in [0.25, 0.3) is 0 Å². The lowest BCUT2D eigenvalue weighted by Crippen LogP contribution is -2.50. The summed E-state index contributed by atoms with van der Waals surface area (Å²) < 4.78 is 37.1. The topological polar surface area (TPSA) is 23.6 Å². The molecule has 128 valence electrons. The van der Waals surface area contributed by atoms with Crippen molar-refractivity contribution < 1.29 is 18.0 Å². The molecule has 1 aliphatic heterocycles. The predicted molar refractivity (Wildman–Crippen MR) is 83.5 cm³/mol. The molecule has 1 aromatic rings. The number of carbonyl (C=O) groups excluding carboxylic acids is 1. The van der Waals surface area contributed by atoms with Crippen molar-refractivity contribution in [3.05, 3.63) is 35.4 Å². The second kappa shape index (κ2) is 6.51. The molecular formula is C17H23F3N2O.